The Kier molecular flexibility index (Phi) is 6.67. The molecule has 0 spiro atoms. The summed E-state index contributed by atoms with van der Waals surface area (Å²) in [5.41, 5.74) is 3.60. The van der Waals surface area contributed by atoms with Crippen LogP contribution >= 0.6 is 11.6 Å². The van der Waals surface area contributed by atoms with Gasteiger partial charge in [0.25, 0.3) is 5.91 Å². The van der Waals surface area contributed by atoms with Gasteiger partial charge in [0.2, 0.25) is 0 Å². The minimum atomic E-state index is -0.330. The average Bonchev–Trinajstić information content (AvgIpc) is 3.48. The van der Waals surface area contributed by atoms with Crippen LogP contribution in [0.3, 0.4) is 0 Å². The number of rotatable bonds is 7. The van der Waals surface area contributed by atoms with E-state index in [1.165, 1.54) is 12.8 Å². The highest BCUT2D eigenvalue weighted by Gasteiger charge is 2.25. The van der Waals surface area contributed by atoms with E-state index in [4.69, 9.17) is 16.6 Å². The second-order valence-electron chi connectivity index (χ2n) is 8.95. The molecule has 0 radical (unpaired) electrons. The number of benzene rings is 1. The number of nitrogens with one attached hydrogen (secondary N) is 1. The highest BCUT2D eigenvalue weighted by molar-refractivity contribution is 6.30. The van der Waals surface area contributed by atoms with E-state index < -0.39 is 0 Å². The van der Waals surface area contributed by atoms with E-state index in [1.54, 1.807) is 6.08 Å². The van der Waals surface area contributed by atoms with Gasteiger partial charge in [-0.3, -0.25) is 4.79 Å². The lowest BCUT2D eigenvalue weighted by atomic mass is 10.0. The van der Waals surface area contributed by atoms with Gasteiger partial charge in [-0.25, -0.2) is 4.98 Å². The van der Waals surface area contributed by atoms with Crippen LogP contribution in [0.15, 0.2) is 55.1 Å². The van der Waals surface area contributed by atoms with Crippen LogP contribution in [0.4, 0.5) is 0 Å². The molecule has 1 aromatic carbocycles. The monoisotopic (exact) mass is 423 g/mol. The third-order valence-electron chi connectivity index (χ3n) is 4.89. The molecular formula is C25H30ClN3O. The molecule has 0 bridgehead atoms. The third kappa shape index (κ3) is 5.96. The minimum Gasteiger partial charge on any atom is -0.373 e. The average molecular weight is 424 g/mol. The Morgan fingerprint density at radius 3 is 2.50 bits per heavy atom. The van der Waals surface area contributed by atoms with Gasteiger partial charge in [0.05, 0.1) is 17.1 Å². The maximum absolute atomic E-state index is 13.0. The third-order valence-corrected chi connectivity index (χ3v) is 5.15. The fourth-order valence-corrected chi connectivity index (χ4v) is 3.41. The van der Waals surface area contributed by atoms with Crippen LogP contribution in [0, 0.1) is 5.92 Å². The number of hydrogen-bond acceptors (Lipinski definition) is 3. The van der Waals surface area contributed by atoms with Crippen molar-refractivity contribution in [3.63, 3.8) is 0 Å². The molecule has 30 heavy (non-hydrogen) atoms. The molecule has 5 heteroatoms. The van der Waals surface area contributed by atoms with Crippen molar-refractivity contribution in [3.8, 4) is 11.3 Å². The molecule has 158 valence electrons. The van der Waals surface area contributed by atoms with Crippen molar-refractivity contribution < 1.29 is 4.79 Å². The topological polar surface area (TPSA) is 45.2 Å². The summed E-state index contributed by atoms with van der Waals surface area (Å²) in [7, 11) is 2.07. The first kappa shape index (κ1) is 22.1. The molecule has 1 aromatic heterocycles. The van der Waals surface area contributed by atoms with E-state index in [9.17, 15) is 4.79 Å². The first-order valence-electron chi connectivity index (χ1n) is 10.3. The van der Waals surface area contributed by atoms with Crippen molar-refractivity contribution in [2.24, 2.45) is 5.92 Å². The zero-order valence-corrected chi connectivity index (χ0v) is 19.0. The number of nitrogens with zero attached hydrogens (tertiary/aromatic N) is 2. The van der Waals surface area contributed by atoms with Crippen LogP contribution in [0.25, 0.3) is 17.0 Å². The maximum atomic E-state index is 13.0. The molecule has 1 heterocycles. The summed E-state index contributed by atoms with van der Waals surface area (Å²) in [4.78, 5) is 20.1. The molecule has 1 aliphatic carbocycles. The first-order valence-corrected chi connectivity index (χ1v) is 10.7. The SMILES string of the molecule is C=C/C=C(/c1cc(C(=O)NC(C)(C)C)cc(-c2ccc(Cl)cc2)n1)N(C)CC1CC1. The van der Waals surface area contributed by atoms with Gasteiger partial charge < -0.3 is 10.2 Å². The molecule has 1 saturated carbocycles. The number of carbonyl (C=O) groups excluding carboxylic acids is 1. The molecule has 0 atom stereocenters. The Morgan fingerprint density at radius 1 is 1.27 bits per heavy atom. The van der Waals surface area contributed by atoms with Crippen molar-refractivity contribution in [1.29, 1.82) is 0 Å². The molecule has 1 amide bonds. The second-order valence-corrected chi connectivity index (χ2v) is 9.39. The second kappa shape index (κ2) is 9.05. The number of hydrogen-bond donors (Lipinski definition) is 1. The summed E-state index contributed by atoms with van der Waals surface area (Å²) in [5, 5.41) is 3.72. The van der Waals surface area contributed by atoms with E-state index in [1.807, 2.05) is 63.2 Å². The van der Waals surface area contributed by atoms with E-state index in [-0.39, 0.29) is 11.4 Å². The van der Waals surface area contributed by atoms with Gasteiger partial charge in [-0.2, -0.15) is 0 Å². The largest absolute Gasteiger partial charge is 0.373 e. The normalized spacial score (nSPS) is 14.4. The van der Waals surface area contributed by atoms with Crippen molar-refractivity contribution in [2.75, 3.05) is 13.6 Å². The summed E-state index contributed by atoms with van der Waals surface area (Å²) in [5.74, 6) is 0.607. The van der Waals surface area contributed by atoms with Gasteiger partial charge in [-0.15, -0.1) is 0 Å². The summed E-state index contributed by atoms with van der Waals surface area (Å²) < 4.78 is 0. The summed E-state index contributed by atoms with van der Waals surface area (Å²) in [6, 6.07) is 11.2. The van der Waals surface area contributed by atoms with Crippen LogP contribution in [0.2, 0.25) is 5.02 Å². The molecule has 2 aromatic rings. The van der Waals surface area contributed by atoms with Crippen molar-refractivity contribution in [2.45, 2.75) is 39.2 Å². The lowest BCUT2D eigenvalue weighted by molar-refractivity contribution is 0.0919. The minimum absolute atomic E-state index is 0.121. The highest BCUT2D eigenvalue weighted by atomic mass is 35.5. The van der Waals surface area contributed by atoms with Gasteiger partial charge >= 0.3 is 0 Å². The smallest absolute Gasteiger partial charge is 0.251 e. The number of carbonyl (C=O) groups is 1. The molecule has 1 aliphatic rings. The fourth-order valence-electron chi connectivity index (χ4n) is 3.28. The molecule has 4 nitrogen and oxygen atoms in total. The van der Waals surface area contributed by atoms with Crippen LogP contribution < -0.4 is 5.32 Å². The first-order chi connectivity index (χ1) is 14.2. The van der Waals surface area contributed by atoms with Crippen molar-refractivity contribution in [3.05, 3.63) is 71.4 Å². The fraction of sp³-hybridized carbons (Fsp3) is 0.360. The summed E-state index contributed by atoms with van der Waals surface area (Å²) in [6.07, 6.45) is 6.26. The summed E-state index contributed by atoms with van der Waals surface area (Å²) >= 11 is 6.06. The van der Waals surface area contributed by atoms with Crippen LogP contribution in [0.1, 0.15) is 49.7 Å². The zero-order valence-electron chi connectivity index (χ0n) is 18.2. The standard InChI is InChI=1S/C25H30ClN3O/c1-6-7-23(29(5)16-17-8-9-17)22-15-19(24(30)28-25(2,3)4)14-21(27-22)18-10-12-20(26)13-11-18/h6-7,10-15,17H,1,8-9,16H2,2-5H3,(H,28,30)/b23-7-. The Balaban J connectivity index is 2.07. The molecule has 0 aliphatic heterocycles. The highest BCUT2D eigenvalue weighted by Crippen LogP contribution is 2.32. The predicted molar refractivity (Wildman–Crippen MR) is 125 cm³/mol. The van der Waals surface area contributed by atoms with Gasteiger partial charge in [-0.1, -0.05) is 36.4 Å². The number of allylic oxidation sites excluding steroid dienone is 2. The van der Waals surface area contributed by atoms with Crippen LogP contribution in [-0.2, 0) is 0 Å². The van der Waals surface area contributed by atoms with Gasteiger partial charge in [-0.05, 0) is 69.9 Å². The van der Waals surface area contributed by atoms with Gasteiger partial charge in [0.1, 0.15) is 0 Å². The predicted octanol–water partition coefficient (Wildman–Crippen LogP) is 5.80. The van der Waals surface area contributed by atoms with E-state index in [2.05, 4.69) is 23.8 Å². The molecule has 0 unspecified atom stereocenters. The van der Waals surface area contributed by atoms with E-state index in [0.717, 1.165) is 35.1 Å². The number of aromatic nitrogens is 1. The number of halogens is 1. The van der Waals surface area contributed by atoms with Crippen molar-refractivity contribution >= 4 is 23.2 Å². The Bertz CT molecular complexity index is 953. The Labute approximate surface area is 184 Å². The molecule has 1 fully saturated rings. The van der Waals surface area contributed by atoms with E-state index in [0.29, 0.717) is 10.6 Å². The lowest BCUT2D eigenvalue weighted by Crippen LogP contribution is -2.40. The van der Waals surface area contributed by atoms with Gasteiger partial charge in [0.15, 0.2) is 0 Å². The van der Waals surface area contributed by atoms with E-state index >= 15 is 0 Å². The maximum Gasteiger partial charge on any atom is 0.251 e. The number of amides is 1. The van der Waals surface area contributed by atoms with Crippen LogP contribution in [-0.4, -0.2) is 34.9 Å². The Hall–Kier alpha value is -2.59. The molecule has 1 N–H and O–H groups in total. The molecule has 0 saturated heterocycles. The number of pyridine rings is 1. The van der Waals surface area contributed by atoms with Crippen molar-refractivity contribution in [1.82, 2.24) is 15.2 Å². The lowest BCUT2D eigenvalue weighted by Gasteiger charge is -2.24. The van der Waals surface area contributed by atoms with Crippen LogP contribution in [0.5, 0.6) is 0 Å². The quantitative estimate of drug-likeness (QED) is 0.572. The molecule has 3 rings (SSSR count). The molecular weight excluding hydrogens is 394 g/mol. The summed E-state index contributed by atoms with van der Waals surface area (Å²) in [6.45, 7) is 10.8. The van der Waals surface area contributed by atoms with Gasteiger partial charge in [0, 0.05) is 35.3 Å². The zero-order chi connectivity index (χ0) is 21.9. The Morgan fingerprint density at radius 2 is 1.93 bits per heavy atom.